The van der Waals surface area contributed by atoms with Crippen LogP contribution in [0.2, 0.25) is 0 Å². The number of nitrogen functional groups attached to an aromatic ring is 1. The molecule has 0 atom stereocenters. The molecular weight excluding hydrogens is 220 g/mol. The van der Waals surface area contributed by atoms with Crippen LogP contribution in [0.25, 0.3) is 10.9 Å². The fourth-order valence-corrected chi connectivity index (χ4v) is 1.74. The number of aromatic amines is 1. The van der Waals surface area contributed by atoms with Gasteiger partial charge in [-0.3, -0.25) is 14.7 Å². The summed E-state index contributed by atoms with van der Waals surface area (Å²) in [5.74, 6) is 0. The Morgan fingerprint density at radius 2 is 2.06 bits per heavy atom. The van der Waals surface area contributed by atoms with Crippen LogP contribution >= 0.6 is 0 Å². The van der Waals surface area contributed by atoms with E-state index in [4.69, 9.17) is 5.73 Å². The number of nitrogens with two attached hydrogens (primary N) is 1. The van der Waals surface area contributed by atoms with Crippen molar-refractivity contribution in [1.29, 1.82) is 0 Å². The predicted octanol–water partition coefficient (Wildman–Crippen LogP) is 0.485. The highest BCUT2D eigenvalue weighted by molar-refractivity contribution is 5.93. The lowest BCUT2D eigenvalue weighted by atomic mass is 10.1. The molecule has 6 heteroatoms. The van der Waals surface area contributed by atoms with Crippen molar-refractivity contribution in [3.05, 3.63) is 44.8 Å². The Kier molecular flexibility index (Phi) is 1.79. The second-order valence-corrected chi connectivity index (χ2v) is 3.71. The number of nitrogens with zero attached hydrogens (tertiary/aromatic N) is 1. The molecule has 0 aliphatic rings. The first-order valence-corrected chi connectivity index (χ1v) is 4.96. The average molecular weight is 228 g/mol. The van der Waals surface area contributed by atoms with E-state index in [0.717, 1.165) is 10.9 Å². The second kappa shape index (κ2) is 3.18. The molecule has 84 valence electrons. The molecule has 0 spiro atoms. The van der Waals surface area contributed by atoms with Crippen molar-refractivity contribution >= 4 is 28.0 Å². The molecule has 1 heterocycles. The number of para-hydroxylation sites is 1. The zero-order valence-electron chi connectivity index (χ0n) is 8.65. The van der Waals surface area contributed by atoms with E-state index in [9.17, 15) is 9.59 Å². The first kappa shape index (κ1) is 9.59. The fourth-order valence-electron chi connectivity index (χ4n) is 1.74. The van der Waals surface area contributed by atoms with Crippen molar-refractivity contribution in [2.24, 2.45) is 0 Å². The Hall–Kier alpha value is -2.63. The predicted molar refractivity (Wildman–Crippen MR) is 65.1 cm³/mol. The van der Waals surface area contributed by atoms with Crippen LogP contribution in [0.4, 0.5) is 17.1 Å². The van der Waals surface area contributed by atoms with Crippen LogP contribution in [0.1, 0.15) is 0 Å². The van der Waals surface area contributed by atoms with E-state index in [1.54, 1.807) is 12.3 Å². The summed E-state index contributed by atoms with van der Waals surface area (Å²) in [6, 6.07) is 5.48. The largest absolute Gasteiger partial charge is 0.394 e. The van der Waals surface area contributed by atoms with E-state index in [2.05, 4.69) is 15.5 Å². The Morgan fingerprint density at radius 3 is 2.82 bits per heavy atom. The minimum Gasteiger partial charge on any atom is -0.394 e. The third-order valence-electron chi connectivity index (χ3n) is 2.68. The summed E-state index contributed by atoms with van der Waals surface area (Å²) in [6.07, 6.45) is 1.67. The van der Waals surface area contributed by atoms with E-state index in [0.29, 0.717) is 5.69 Å². The third kappa shape index (κ3) is 1.24. The Morgan fingerprint density at radius 1 is 1.24 bits per heavy atom. The van der Waals surface area contributed by atoms with Gasteiger partial charge in [-0.1, -0.05) is 12.1 Å². The number of hydrogen-bond acceptors (Lipinski definition) is 5. The van der Waals surface area contributed by atoms with Gasteiger partial charge in [-0.05, 0) is 6.07 Å². The molecule has 0 saturated carbocycles. The molecular formula is C11H8N4O2. The number of nitrogens with one attached hydrogen (secondary N) is 2. The van der Waals surface area contributed by atoms with Crippen molar-refractivity contribution in [3.8, 4) is 0 Å². The average Bonchev–Trinajstić information content (AvgIpc) is 2.83. The number of H-pyrrole nitrogens is 1. The summed E-state index contributed by atoms with van der Waals surface area (Å²) in [4.78, 5) is 22.3. The van der Waals surface area contributed by atoms with Gasteiger partial charge in [0.1, 0.15) is 11.4 Å². The molecule has 0 unspecified atom stereocenters. The quantitative estimate of drug-likeness (QED) is 0.554. The van der Waals surface area contributed by atoms with Crippen LogP contribution in [-0.2, 0) is 0 Å². The summed E-state index contributed by atoms with van der Waals surface area (Å²) < 4.78 is 0. The topological polar surface area (TPSA) is 101 Å². The van der Waals surface area contributed by atoms with Gasteiger partial charge >= 0.3 is 0 Å². The van der Waals surface area contributed by atoms with Crippen molar-refractivity contribution < 1.29 is 0 Å². The molecule has 0 fully saturated rings. The zero-order chi connectivity index (χ0) is 12.0. The molecule has 0 aliphatic heterocycles. The van der Waals surface area contributed by atoms with Gasteiger partial charge in [-0.25, -0.2) is 0 Å². The van der Waals surface area contributed by atoms with Crippen LogP contribution in [-0.4, -0.2) is 10.2 Å². The molecule has 0 amide bonds. The van der Waals surface area contributed by atoms with Gasteiger partial charge < -0.3 is 11.1 Å². The number of hydrogen-bond donors (Lipinski definition) is 3. The molecule has 0 aliphatic carbocycles. The maximum Gasteiger partial charge on any atom is 0.253 e. The first-order chi connectivity index (χ1) is 8.18. The second-order valence-electron chi connectivity index (χ2n) is 3.71. The summed E-state index contributed by atoms with van der Waals surface area (Å²) in [7, 11) is 0. The lowest BCUT2D eigenvalue weighted by Gasteiger charge is -2.10. The molecule has 17 heavy (non-hydrogen) atoms. The third-order valence-corrected chi connectivity index (χ3v) is 2.68. The SMILES string of the molecule is Nc1c(Nc2cccc3cn[nH]c23)c(=O)c1=O. The van der Waals surface area contributed by atoms with Crippen LogP contribution in [0.3, 0.4) is 0 Å². The number of fused-ring (bicyclic) bond motifs is 1. The summed E-state index contributed by atoms with van der Waals surface area (Å²) >= 11 is 0. The molecule has 1 aromatic heterocycles. The molecule has 6 nitrogen and oxygen atoms in total. The normalized spacial score (nSPS) is 11.1. The fraction of sp³-hybridized carbons (Fsp3) is 0. The standard InChI is InChI=1S/C11H8N4O2/c12-7-9(11(17)10(7)16)14-6-3-1-2-5-4-13-15-8(5)6/h1-4,14H,12H2,(H,13,15). The highest BCUT2D eigenvalue weighted by Gasteiger charge is 2.18. The number of aromatic nitrogens is 2. The summed E-state index contributed by atoms with van der Waals surface area (Å²) in [6.45, 7) is 0. The lowest BCUT2D eigenvalue weighted by Crippen LogP contribution is -2.36. The lowest BCUT2D eigenvalue weighted by molar-refractivity contribution is 1.12. The highest BCUT2D eigenvalue weighted by Crippen LogP contribution is 2.24. The van der Waals surface area contributed by atoms with Crippen molar-refractivity contribution in [2.45, 2.75) is 0 Å². The zero-order valence-corrected chi connectivity index (χ0v) is 8.65. The molecule has 2 aromatic carbocycles. The molecule has 4 N–H and O–H groups in total. The number of benzene rings is 1. The molecule has 3 aromatic rings. The molecule has 0 radical (unpaired) electrons. The molecule has 0 saturated heterocycles. The van der Waals surface area contributed by atoms with Crippen LogP contribution in [0, 0.1) is 0 Å². The van der Waals surface area contributed by atoms with Crippen molar-refractivity contribution in [2.75, 3.05) is 11.1 Å². The monoisotopic (exact) mass is 228 g/mol. The van der Waals surface area contributed by atoms with Gasteiger partial charge in [0, 0.05) is 5.39 Å². The van der Waals surface area contributed by atoms with Crippen LogP contribution in [0.15, 0.2) is 34.0 Å². The minimum atomic E-state index is -0.635. The van der Waals surface area contributed by atoms with E-state index in [-0.39, 0.29) is 11.4 Å². The van der Waals surface area contributed by atoms with Crippen molar-refractivity contribution in [1.82, 2.24) is 10.2 Å². The van der Waals surface area contributed by atoms with E-state index < -0.39 is 10.9 Å². The van der Waals surface area contributed by atoms with E-state index in [1.807, 2.05) is 12.1 Å². The van der Waals surface area contributed by atoms with Crippen LogP contribution < -0.4 is 21.9 Å². The highest BCUT2D eigenvalue weighted by atomic mass is 16.2. The van der Waals surface area contributed by atoms with Crippen molar-refractivity contribution in [3.63, 3.8) is 0 Å². The Bertz CT molecular complexity index is 780. The minimum absolute atomic E-state index is 0.0217. The van der Waals surface area contributed by atoms with Gasteiger partial charge in [0.2, 0.25) is 0 Å². The van der Waals surface area contributed by atoms with E-state index in [1.165, 1.54) is 0 Å². The first-order valence-electron chi connectivity index (χ1n) is 4.96. The summed E-state index contributed by atoms with van der Waals surface area (Å²) in [5.41, 5.74) is 5.78. The number of rotatable bonds is 2. The number of anilines is 3. The van der Waals surface area contributed by atoms with Crippen LogP contribution in [0.5, 0.6) is 0 Å². The van der Waals surface area contributed by atoms with Gasteiger partial charge in [0.05, 0.1) is 17.4 Å². The van der Waals surface area contributed by atoms with Gasteiger partial charge in [-0.15, -0.1) is 0 Å². The van der Waals surface area contributed by atoms with Gasteiger partial charge in [0.25, 0.3) is 10.9 Å². The maximum atomic E-state index is 11.3. The Labute approximate surface area is 94.8 Å². The van der Waals surface area contributed by atoms with Gasteiger partial charge in [-0.2, -0.15) is 5.10 Å². The maximum absolute atomic E-state index is 11.3. The smallest absolute Gasteiger partial charge is 0.253 e. The van der Waals surface area contributed by atoms with Gasteiger partial charge in [0.15, 0.2) is 0 Å². The molecule has 3 rings (SSSR count). The molecule has 0 bridgehead atoms. The summed E-state index contributed by atoms with van der Waals surface area (Å²) in [5, 5.41) is 10.5. The van der Waals surface area contributed by atoms with E-state index >= 15 is 0 Å². The Balaban J connectivity index is 2.10.